The van der Waals surface area contributed by atoms with Crippen molar-refractivity contribution >= 4 is 39.2 Å². The van der Waals surface area contributed by atoms with Crippen LogP contribution in [0.15, 0.2) is 30.5 Å². The zero-order valence-electron chi connectivity index (χ0n) is 15.9. The Morgan fingerprint density at radius 2 is 2.18 bits per heavy atom. The number of nitrogens with one attached hydrogen (secondary N) is 3. The zero-order valence-corrected chi connectivity index (χ0v) is 16.7. The van der Waals surface area contributed by atoms with Crippen LogP contribution in [0.1, 0.15) is 23.1 Å². The van der Waals surface area contributed by atoms with Gasteiger partial charge >= 0.3 is 0 Å². The lowest BCUT2D eigenvalue weighted by atomic mass is 10.0. The molecule has 3 aromatic rings. The van der Waals surface area contributed by atoms with Crippen LogP contribution in [0.2, 0.25) is 0 Å². The first-order valence-corrected chi connectivity index (χ1v) is 10.1. The first kappa shape index (κ1) is 18.6. The molecular formula is C20H23N5O2S. The van der Waals surface area contributed by atoms with Gasteiger partial charge in [-0.3, -0.25) is 9.59 Å². The van der Waals surface area contributed by atoms with E-state index < -0.39 is 6.04 Å². The fraction of sp³-hybridized carbons (Fsp3) is 0.350. The minimum absolute atomic E-state index is 0.236. The first-order valence-electron chi connectivity index (χ1n) is 9.29. The Kier molecular flexibility index (Phi) is 5.15. The molecule has 28 heavy (non-hydrogen) atoms. The van der Waals surface area contributed by atoms with Gasteiger partial charge in [0.05, 0.1) is 5.69 Å². The average molecular weight is 398 g/mol. The van der Waals surface area contributed by atoms with Crippen LogP contribution in [0.25, 0.3) is 10.9 Å². The third-order valence-electron chi connectivity index (χ3n) is 4.95. The second-order valence-electron chi connectivity index (χ2n) is 7.18. The van der Waals surface area contributed by atoms with Gasteiger partial charge < -0.3 is 20.5 Å². The van der Waals surface area contributed by atoms with Gasteiger partial charge in [0.25, 0.3) is 0 Å². The van der Waals surface area contributed by atoms with Crippen molar-refractivity contribution in [1.29, 1.82) is 0 Å². The predicted molar refractivity (Wildman–Crippen MR) is 110 cm³/mol. The van der Waals surface area contributed by atoms with E-state index in [1.54, 1.807) is 0 Å². The Morgan fingerprint density at radius 3 is 3.00 bits per heavy atom. The largest absolute Gasteiger partial charge is 0.361 e. The number of hydrogen-bond donors (Lipinski definition) is 3. The number of anilines is 1. The van der Waals surface area contributed by atoms with Gasteiger partial charge in [-0.2, -0.15) is 0 Å². The van der Waals surface area contributed by atoms with Crippen LogP contribution >= 0.6 is 11.3 Å². The van der Waals surface area contributed by atoms with Crippen molar-refractivity contribution in [3.05, 3.63) is 46.6 Å². The maximum Gasteiger partial charge on any atom is 0.249 e. The molecule has 1 atom stereocenters. The number of benzene rings is 1. The minimum Gasteiger partial charge on any atom is -0.361 e. The molecule has 2 amide bonds. The highest BCUT2D eigenvalue weighted by molar-refractivity contribution is 7.15. The van der Waals surface area contributed by atoms with Crippen molar-refractivity contribution in [2.24, 2.45) is 0 Å². The van der Waals surface area contributed by atoms with Gasteiger partial charge in [-0.05, 0) is 18.7 Å². The van der Waals surface area contributed by atoms with Crippen LogP contribution < -0.4 is 10.6 Å². The maximum absolute atomic E-state index is 12.9. The van der Waals surface area contributed by atoms with Crippen LogP contribution in [-0.4, -0.2) is 46.3 Å². The Balaban J connectivity index is 1.52. The Bertz CT molecular complexity index is 1020. The average Bonchev–Trinajstić information content (AvgIpc) is 3.24. The first-order chi connectivity index (χ1) is 13.5. The second kappa shape index (κ2) is 7.73. The fourth-order valence-electron chi connectivity index (χ4n) is 3.54. The van der Waals surface area contributed by atoms with E-state index in [0.29, 0.717) is 11.6 Å². The molecule has 4 rings (SSSR count). The zero-order chi connectivity index (χ0) is 19.7. The number of carbonyl (C=O) groups excluding carboxylic acids is 2. The van der Waals surface area contributed by atoms with Gasteiger partial charge in [0.1, 0.15) is 6.04 Å². The minimum atomic E-state index is -0.666. The lowest BCUT2D eigenvalue weighted by Crippen LogP contribution is -2.44. The highest BCUT2D eigenvalue weighted by Crippen LogP contribution is 2.28. The van der Waals surface area contributed by atoms with E-state index in [1.807, 2.05) is 30.5 Å². The summed E-state index contributed by atoms with van der Waals surface area (Å²) >= 11 is 1.51. The number of rotatable bonds is 5. The molecule has 3 N–H and O–H groups in total. The summed E-state index contributed by atoms with van der Waals surface area (Å²) in [7, 11) is 2.08. The molecule has 0 radical (unpaired) electrons. The van der Waals surface area contributed by atoms with Crippen LogP contribution in [0, 0.1) is 0 Å². The van der Waals surface area contributed by atoms with Crippen LogP contribution in [-0.2, 0) is 29.0 Å². The SMILES string of the molecule is CC(=O)N[C@@H](Cc1c[nH]c2ccccc12)C(=O)Nc1nc2c(s1)CN(C)CC2. The van der Waals surface area contributed by atoms with E-state index in [4.69, 9.17) is 0 Å². The summed E-state index contributed by atoms with van der Waals surface area (Å²) in [6.07, 6.45) is 3.19. The van der Waals surface area contributed by atoms with Crippen molar-refractivity contribution in [1.82, 2.24) is 20.2 Å². The van der Waals surface area contributed by atoms with Crippen molar-refractivity contribution in [3.8, 4) is 0 Å². The molecule has 7 nitrogen and oxygen atoms in total. The molecule has 1 aliphatic heterocycles. The number of aromatic nitrogens is 2. The number of aromatic amines is 1. The quantitative estimate of drug-likeness (QED) is 0.616. The molecular weight excluding hydrogens is 374 g/mol. The van der Waals surface area contributed by atoms with E-state index in [1.165, 1.54) is 23.1 Å². The van der Waals surface area contributed by atoms with Crippen LogP contribution in [0.3, 0.4) is 0 Å². The van der Waals surface area contributed by atoms with E-state index in [9.17, 15) is 9.59 Å². The molecule has 8 heteroatoms. The highest BCUT2D eigenvalue weighted by atomic mass is 32.1. The van der Waals surface area contributed by atoms with Crippen molar-refractivity contribution in [2.45, 2.75) is 32.4 Å². The van der Waals surface area contributed by atoms with Gasteiger partial charge in [-0.1, -0.05) is 18.2 Å². The smallest absolute Gasteiger partial charge is 0.249 e. The van der Waals surface area contributed by atoms with E-state index >= 15 is 0 Å². The van der Waals surface area contributed by atoms with Crippen molar-refractivity contribution in [3.63, 3.8) is 0 Å². The molecule has 0 spiro atoms. The van der Waals surface area contributed by atoms with E-state index in [-0.39, 0.29) is 11.8 Å². The third-order valence-corrected chi connectivity index (χ3v) is 5.94. The van der Waals surface area contributed by atoms with Gasteiger partial charge in [0, 0.05) is 54.8 Å². The number of amides is 2. The van der Waals surface area contributed by atoms with Gasteiger partial charge in [0.2, 0.25) is 11.8 Å². The molecule has 2 aromatic heterocycles. The summed E-state index contributed by atoms with van der Waals surface area (Å²) in [5.74, 6) is -0.486. The summed E-state index contributed by atoms with van der Waals surface area (Å²) in [6.45, 7) is 3.25. The standard InChI is InChI=1S/C20H23N5O2S/c1-12(26)22-17(9-13-10-21-15-6-4-3-5-14(13)15)19(27)24-20-23-16-7-8-25(2)11-18(16)28-20/h3-6,10,17,21H,7-9,11H2,1-2H3,(H,22,26)(H,23,24,27)/t17-/m0/s1. The number of H-pyrrole nitrogens is 1. The van der Waals surface area contributed by atoms with Crippen LogP contribution in [0.4, 0.5) is 5.13 Å². The molecule has 0 saturated heterocycles. The maximum atomic E-state index is 12.9. The normalized spacial score (nSPS) is 15.2. The topological polar surface area (TPSA) is 90.1 Å². The number of thiazole rings is 1. The second-order valence-corrected chi connectivity index (χ2v) is 8.27. The van der Waals surface area contributed by atoms with E-state index in [0.717, 1.165) is 41.7 Å². The number of carbonyl (C=O) groups is 2. The summed E-state index contributed by atoms with van der Waals surface area (Å²) in [4.78, 5) is 35.8. The molecule has 146 valence electrons. The number of fused-ring (bicyclic) bond motifs is 2. The highest BCUT2D eigenvalue weighted by Gasteiger charge is 2.24. The monoisotopic (exact) mass is 397 g/mol. The molecule has 0 unspecified atom stereocenters. The molecule has 1 aliphatic rings. The molecule has 0 bridgehead atoms. The lowest BCUT2D eigenvalue weighted by molar-refractivity contribution is -0.125. The Hall–Kier alpha value is -2.71. The fourth-order valence-corrected chi connectivity index (χ4v) is 4.64. The number of likely N-dealkylation sites (N-methyl/N-ethyl adjacent to an activating group) is 1. The third kappa shape index (κ3) is 3.93. The van der Waals surface area contributed by atoms with Gasteiger partial charge in [-0.15, -0.1) is 11.3 Å². The predicted octanol–water partition coefficient (Wildman–Crippen LogP) is 2.30. The summed E-state index contributed by atoms with van der Waals surface area (Å²) < 4.78 is 0. The number of nitrogens with zero attached hydrogens (tertiary/aromatic N) is 2. The van der Waals surface area contributed by atoms with E-state index in [2.05, 4.69) is 32.5 Å². The van der Waals surface area contributed by atoms with Crippen LogP contribution in [0.5, 0.6) is 0 Å². The molecule has 0 aliphatic carbocycles. The Morgan fingerprint density at radius 1 is 1.36 bits per heavy atom. The molecule has 0 fully saturated rings. The summed E-state index contributed by atoms with van der Waals surface area (Å²) in [6, 6.07) is 7.26. The van der Waals surface area contributed by atoms with Gasteiger partial charge in [0.15, 0.2) is 5.13 Å². The number of hydrogen-bond acceptors (Lipinski definition) is 5. The van der Waals surface area contributed by atoms with Gasteiger partial charge in [-0.25, -0.2) is 4.98 Å². The van der Waals surface area contributed by atoms with Crippen molar-refractivity contribution < 1.29 is 9.59 Å². The number of para-hydroxylation sites is 1. The Labute approximate surface area is 167 Å². The molecule has 0 saturated carbocycles. The summed E-state index contributed by atoms with van der Waals surface area (Å²) in [5, 5.41) is 7.33. The van der Waals surface area contributed by atoms with Crippen molar-refractivity contribution in [2.75, 3.05) is 18.9 Å². The summed E-state index contributed by atoms with van der Waals surface area (Å²) in [5.41, 5.74) is 3.06. The molecule has 3 heterocycles. The lowest BCUT2D eigenvalue weighted by Gasteiger charge is -2.20. The molecule has 1 aromatic carbocycles.